The van der Waals surface area contributed by atoms with Gasteiger partial charge in [-0.2, -0.15) is 0 Å². The lowest BCUT2D eigenvalue weighted by molar-refractivity contribution is 0.414. The van der Waals surface area contributed by atoms with Crippen LogP contribution in [0.15, 0.2) is 30.5 Å². The van der Waals surface area contributed by atoms with Gasteiger partial charge in [-0.15, -0.1) is 0 Å². The average molecular weight is 265 g/mol. The molecule has 100 valence electrons. The van der Waals surface area contributed by atoms with E-state index in [-0.39, 0.29) is 18.1 Å². The van der Waals surface area contributed by atoms with Crippen LogP contribution >= 0.6 is 0 Å². The monoisotopic (exact) mass is 265 g/mol. The van der Waals surface area contributed by atoms with Gasteiger partial charge in [0.05, 0.1) is 13.3 Å². The Hall–Kier alpha value is -2.37. The van der Waals surface area contributed by atoms with Crippen molar-refractivity contribution < 1.29 is 13.5 Å². The summed E-state index contributed by atoms with van der Waals surface area (Å²) in [6, 6.07) is 7.13. The van der Waals surface area contributed by atoms with Gasteiger partial charge < -0.3 is 15.8 Å². The highest BCUT2D eigenvalue weighted by Crippen LogP contribution is 2.22. The summed E-state index contributed by atoms with van der Waals surface area (Å²) in [5, 5.41) is 2.66. The van der Waals surface area contributed by atoms with Gasteiger partial charge in [0.15, 0.2) is 17.5 Å². The van der Waals surface area contributed by atoms with Crippen molar-refractivity contribution in [2.75, 3.05) is 18.2 Å². The predicted molar refractivity (Wildman–Crippen MR) is 68.9 cm³/mol. The van der Waals surface area contributed by atoms with Gasteiger partial charge in [0.2, 0.25) is 0 Å². The molecule has 0 spiro atoms. The maximum Gasteiger partial charge on any atom is 0.191 e. The number of hydrogen-bond donors (Lipinski definition) is 2. The molecule has 2 rings (SSSR count). The number of halogens is 2. The number of rotatable bonds is 4. The van der Waals surface area contributed by atoms with Gasteiger partial charge in [0, 0.05) is 6.54 Å². The average Bonchev–Trinajstić information content (AvgIpc) is 2.44. The van der Waals surface area contributed by atoms with Crippen molar-refractivity contribution in [3.05, 3.63) is 47.7 Å². The first-order valence-electron chi connectivity index (χ1n) is 5.58. The third-order valence-corrected chi connectivity index (χ3v) is 2.63. The number of benzene rings is 1. The standard InChI is InChI=1S/C13H13F2N3O/c1-19-9-4-2-8(3-5-9)6-17-12-10(14)7-18-13(16)11(12)15/h2-5,7H,6H2,1H3,(H3,16,17,18). The number of pyridine rings is 1. The molecule has 0 bridgehead atoms. The zero-order valence-electron chi connectivity index (χ0n) is 10.3. The summed E-state index contributed by atoms with van der Waals surface area (Å²) >= 11 is 0. The molecule has 3 N–H and O–H groups in total. The third kappa shape index (κ3) is 2.90. The van der Waals surface area contributed by atoms with E-state index < -0.39 is 11.6 Å². The normalized spacial score (nSPS) is 10.3. The molecule has 0 atom stereocenters. The fourth-order valence-corrected chi connectivity index (χ4v) is 1.58. The summed E-state index contributed by atoms with van der Waals surface area (Å²) in [4.78, 5) is 3.39. The minimum Gasteiger partial charge on any atom is -0.497 e. The molecular formula is C13H13F2N3O. The Morgan fingerprint density at radius 1 is 1.26 bits per heavy atom. The molecular weight excluding hydrogens is 252 g/mol. The second-order valence-electron chi connectivity index (χ2n) is 3.88. The van der Waals surface area contributed by atoms with Crippen molar-refractivity contribution in [2.45, 2.75) is 6.54 Å². The zero-order chi connectivity index (χ0) is 13.8. The van der Waals surface area contributed by atoms with E-state index in [1.165, 1.54) is 0 Å². The second kappa shape index (κ2) is 5.51. The fraction of sp³-hybridized carbons (Fsp3) is 0.154. The Labute approximate surface area is 109 Å². The third-order valence-electron chi connectivity index (χ3n) is 2.63. The summed E-state index contributed by atoms with van der Waals surface area (Å²) in [6.45, 7) is 0.265. The van der Waals surface area contributed by atoms with Gasteiger partial charge >= 0.3 is 0 Å². The number of nitrogen functional groups attached to an aromatic ring is 1. The predicted octanol–water partition coefficient (Wildman–Crippen LogP) is 2.56. The van der Waals surface area contributed by atoms with Gasteiger partial charge in [-0.05, 0) is 17.7 Å². The number of nitrogens with two attached hydrogens (primary N) is 1. The zero-order valence-corrected chi connectivity index (χ0v) is 10.3. The molecule has 0 saturated carbocycles. The van der Waals surface area contributed by atoms with Crippen LogP contribution in [-0.4, -0.2) is 12.1 Å². The summed E-state index contributed by atoms with van der Waals surface area (Å²) in [6.07, 6.45) is 0.884. The Morgan fingerprint density at radius 2 is 1.95 bits per heavy atom. The Bertz CT molecular complexity index is 573. The van der Waals surface area contributed by atoms with Crippen molar-refractivity contribution in [3.8, 4) is 5.75 Å². The first kappa shape index (κ1) is 13.1. The van der Waals surface area contributed by atoms with Gasteiger partial charge in [0.1, 0.15) is 11.4 Å². The highest BCUT2D eigenvalue weighted by atomic mass is 19.1. The van der Waals surface area contributed by atoms with Crippen LogP contribution in [0.4, 0.5) is 20.3 Å². The van der Waals surface area contributed by atoms with Crippen LogP contribution in [-0.2, 0) is 6.54 Å². The quantitative estimate of drug-likeness (QED) is 0.892. The number of methoxy groups -OCH3 is 1. The van der Waals surface area contributed by atoms with Crippen LogP contribution < -0.4 is 15.8 Å². The van der Waals surface area contributed by atoms with Crippen molar-refractivity contribution in [1.29, 1.82) is 0 Å². The maximum absolute atomic E-state index is 13.6. The van der Waals surface area contributed by atoms with E-state index in [1.807, 2.05) is 0 Å². The molecule has 2 aromatic rings. The molecule has 1 aromatic carbocycles. The molecule has 0 radical (unpaired) electrons. The van der Waals surface area contributed by atoms with Crippen LogP contribution in [0.2, 0.25) is 0 Å². The Kier molecular flexibility index (Phi) is 3.79. The topological polar surface area (TPSA) is 60.2 Å². The van der Waals surface area contributed by atoms with E-state index >= 15 is 0 Å². The largest absolute Gasteiger partial charge is 0.497 e. The van der Waals surface area contributed by atoms with E-state index in [1.54, 1.807) is 31.4 Å². The van der Waals surface area contributed by atoms with Gasteiger partial charge in [-0.1, -0.05) is 12.1 Å². The Balaban J connectivity index is 2.12. The van der Waals surface area contributed by atoms with Gasteiger partial charge in [0.25, 0.3) is 0 Å². The number of hydrogen-bond acceptors (Lipinski definition) is 4. The smallest absolute Gasteiger partial charge is 0.191 e. The van der Waals surface area contributed by atoms with E-state index in [9.17, 15) is 8.78 Å². The lowest BCUT2D eigenvalue weighted by Crippen LogP contribution is -2.07. The van der Waals surface area contributed by atoms with Crippen LogP contribution in [0.25, 0.3) is 0 Å². The fourth-order valence-electron chi connectivity index (χ4n) is 1.58. The maximum atomic E-state index is 13.6. The van der Waals surface area contributed by atoms with Crippen molar-refractivity contribution in [1.82, 2.24) is 4.98 Å². The van der Waals surface area contributed by atoms with Crippen LogP contribution in [0, 0.1) is 11.6 Å². The van der Waals surface area contributed by atoms with Crippen LogP contribution in [0.5, 0.6) is 5.75 Å². The number of aromatic nitrogens is 1. The van der Waals surface area contributed by atoms with Crippen molar-refractivity contribution >= 4 is 11.5 Å². The second-order valence-corrected chi connectivity index (χ2v) is 3.88. The number of nitrogens with zero attached hydrogens (tertiary/aromatic N) is 1. The van der Waals surface area contributed by atoms with Crippen molar-refractivity contribution in [2.24, 2.45) is 0 Å². The lowest BCUT2D eigenvalue weighted by Gasteiger charge is -2.10. The molecule has 0 fully saturated rings. The lowest BCUT2D eigenvalue weighted by atomic mass is 10.2. The molecule has 4 nitrogen and oxygen atoms in total. The first-order valence-corrected chi connectivity index (χ1v) is 5.58. The van der Waals surface area contributed by atoms with E-state index in [0.29, 0.717) is 5.75 Å². The van der Waals surface area contributed by atoms with E-state index in [0.717, 1.165) is 11.8 Å². The van der Waals surface area contributed by atoms with Crippen LogP contribution in [0.1, 0.15) is 5.56 Å². The molecule has 1 heterocycles. The van der Waals surface area contributed by atoms with Crippen molar-refractivity contribution in [3.63, 3.8) is 0 Å². The molecule has 0 saturated heterocycles. The summed E-state index contributed by atoms with van der Waals surface area (Å²) in [7, 11) is 1.57. The highest BCUT2D eigenvalue weighted by Gasteiger charge is 2.12. The summed E-state index contributed by atoms with van der Waals surface area (Å²) in [5.74, 6) is -1.28. The van der Waals surface area contributed by atoms with Gasteiger partial charge in [-0.25, -0.2) is 13.8 Å². The highest BCUT2D eigenvalue weighted by molar-refractivity contribution is 5.53. The molecule has 19 heavy (non-hydrogen) atoms. The molecule has 0 amide bonds. The molecule has 0 unspecified atom stereocenters. The molecule has 0 aliphatic heterocycles. The molecule has 0 aliphatic carbocycles. The SMILES string of the molecule is COc1ccc(CNc2c(F)cnc(N)c2F)cc1. The first-order chi connectivity index (χ1) is 9.11. The van der Waals surface area contributed by atoms with Gasteiger partial charge in [-0.3, -0.25) is 0 Å². The Morgan fingerprint density at radius 3 is 2.58 bits per heavy atom. The molecule has 1 aromatic heterocycles. The van der Waals surface area contributed by atoms with Crippen LogP contribution in [0.3, 0.4) is 0 Å². The minimum atomic E-state index is -0.881. The minimum absolute atomic E-state index is 0.265. The number of anilines is 2. The molecule has 6 heteroatoms. The summed E-state index contributed by atoms with van der Waals surface area (Å²) < 4.78 is 32.0. The van der Waals surface area contributed by atoms with E-state index in [2.05, 4.69) is 10.3 Å². The van der Waals surface area contributed by atoms with E-state index in [4.69, 9.17) is 10.5 Å². The number of ether oxygens (including phenoxy) is 1. The molecule has 0 aliphatic rings. The number of nitrogens with one attached hydrogen (secondary N) is 1. The summed E-state index contributed by atoms with van der Waals surface area (Å²) in [5.41, 5.74) is 5.87.